The molecule has 0 aliphatic rings. The van der Waals surface area contributed by atoms with Gasteiger partial charge in [-0.15, -0.1) is 0 Å². The van der Waals surface area contributed by atoms with Crippen molar-refractivity contribution in [3.63, 3.8) is 0 Å². The molecule has 30 heavy (non-hydrogen) atoms. The fourth-order valence-electron chi connectivity index (χ4n) is 2.53. The van der Waals surface area contributed by atoms with Crippen molar-refractivity contribution in [2.45, 2.75) is 6.61 Å². The molecule has 0 bridgehead atoms. The minimum absolute atomic E-state index is 0.0256. The number of para-hydroxylation sites is 1. The van der Waals surface area contributed by atoms with E-state index >= 15 is 0 Å². The molecule has 0 aliphatic carbocycles. The average Bonchev–Trinajstić information content (AvgIpc) is 2.74. The van der Waals surface area contributed by atoms with Crippen molar-refractivity contribution < 1.29 is 9.53 Å². The minimum atomic E-state index is -0.522. The lowest BCUT2D eigenvalue weighted by molar-refractivity contribution is -0.112. The second-order valence-electron chi connectivity index (χ2n) is 6.20. The zero-order chi connectivity index (χ0) is 21.5. The quantitative estimate of drug-likeness (QED) is 0.268. The lowest BCUT2D eigenvalue weighted by Gasteiger charge is -2.09. The van der Waals surface area contributed by atoms with Crippen molar-refractivity contribution in [2.75, 3.05) is 5.32 Å². The van der Waals surface area contributed by atoms with E-state index in [0.717, 1.165) is 14.5 Å². The highest BCUT2D eigenvalue weighted by Crippen LogP contribution is 2.24. The molecule has 3 aromatic rings. The monoisotopic (exact) mass is 544 g/mol. The molecule has 0 saturated carbocycles. The van der Waals surface area contributed by atoms with Crippen LogP contribution < -0.4 is 10.1 Å². The maximum absolute atomic E-state index is 12.4. The first kappa shape index (κ1) is 22.1. The van der Waals surface area contributed by atoms with Crippen LogP contribution in [0.4, 0.5) is 5.69 Å². The number of rotatable bonds is 6. The number of ether oxygens (including phenoxy) is 1. The van der Waals surface area contributed by atoms with E-state index in [9.17, 15) is 10.1 Å². The van der Waals surface area contributed by atoms with Gasteiger partial charge in [0.15, 0.2) is 0 Å². The van der Waals surface area contributed by atoms with Gasteiger partial charge < -0.3 is 10.1 Å². The third-order valence-electron chi connectivity index (χ3n) is 4.09. The van der Waals surface area contributed by atoms with E-state index in [4.69, 9.17) is 16.3 Å². The maximum Gasteiger partial charge on any atom is 0.266 e. The molecular weight excluding hydrogens is 532 g/mol. The van der Waals surface area contributed by atoms with Gasteiger partial charge in [0, 0.05) is 14.5 Å². The highest BCUT2D eigenvalue weighted by Gasteiger charge is 2.11. The summed E-state index contributed by atoms with van der Waals surface area (Å²) in [6.45, 7) is 0.409. The number of nitrogens with one attached hydrogen (secondary N) is 1. The summed E-state index contributed by atoms with van der Waals surface area (Å²) >= 11 is 13.0. The summed E-state index contributed by atoms with van der Waals surface area (Å²) in [6, 6.07) is 21.8. The van der Waals surface area contributed by atoms with Crippen LogP contribution in [-0.2, 0) is 11.4 Å². The molecule has 0 aromatic heterocycles. The van der Waals surface area contributed by atoms with Crippen molar-refractivity contribution in [1.82, 2.24) is 0 Å². The van der Waals surface area contributed by atoms with E-state index in [1.165, 1.54) is 6.08 Å². The Morgan fingerprint density at radius 3 is 2.50 bits per heavy atom. The largest absolute Gasteiger partial charge is 0.489 e. The first-order valence-electron chi connectivity index (χ1n) is 8.81. The van der Waals surface area contributed by atoms with E-state index in [1.54, 1.807) is 48.5 Å². The molecule has 1 amide bonds. The Morgan fingerprint density at radius 1 is 1.10 bits per heavy atom. The van der Waals surface area contributed by atoms with Crippen molar-refractivity contribution in [1.29, 1.82) is 5.26 Å². The number of carbonyl (C=O) groups excluding carboxylic acids is 1. The fourth-order valence-corrected chi connectivity index (χ4v) is 3.87. The molecule has 7 heteroatoms. The zero-order valence-electron chi connectivity index (χ0n) is 15.5. The summed E-state index contributed by atoms with van der Waals surface area (Å²) in [6.07, 6.45) is 1.52. The zero-order valence-corrected chi connectivity index (χ0v) is 19.5. The van der Waals surface area contributed by atoms with Crippen molar-refractivity contribution in [2.24, 2.45) is 0 Å². The molecule has 150 valence electrons. The van der Waals surface area contributed by atoms with Crippen molar-refractivity contribution in [3.05, 3.63) is 97.4 Å². The number of amides is 1. The maximum atomic E-state index is 12.4. The third-order valence-corrected chi connectivity index (χ3v) is 5.65. The highest BCUT2D eigenvalue weighted by molar-refractivity contribution is 9.11. The van der Waals surface area contributed by atoms with E-state index in [0.29, 0.717) is 28.6 Å². The number of hydrogen-bond donors (Lipinski definition) is 1. The van der Waals surface area contributed by atoms with E-state index in [-0.39, 0.29) is 5.57 Å². The van der Waals surface area contributed by atoms with Crippen LogP contribution >= 0.6 is 43.5 Å². The van der Waals surface area contributed by atoms with Gasteiger partial charge >= 0.3 is 0 Å². The Labute approximate surface area is 196 Å². The number of hydrogen-bond acceptors (Lipinski definition) is 3. The normalized spacial score (nSPS) is 10.9. The summed E-state index contributed by atoms with van der Waals surface area (Å²) in [4.78, 5) is 12.4. The van der Waals surface area contributed by atoms with Crippen molar-refractivity contribution in [3.8, 4) is 11.8 Å². The average molecular weight is 547 g/mol. The molecule has 0 saturated heterocycles. The topological polar surface area (TPSA) is 62.1 Å². The molecule has 0 aliphatic heterocycles. The predicted octanol–water partition coefficient (Wildman–Crippen LogP) is 6.99. The molecule has 3 aromatic carbocycles. The number of benzene rings is 3. The molecule has 4 nitrogen and oxygen atoms in total. The number of halogens is 3. The summed E-state index contributed by atoms with van der Waals surface area (Å²) in [5.41, 5.74) is 2.15. The van der Waals surface area contributed by atoms with E-state index in [2.05, 4.69) is 37.2 Å². The van der Waals surface area contributed by atoms with Gasteiger partial charge in [0.25, 0.3) is 5.91 Å². The Hall–Kier alpha value is -2.59. The van der Waals surface area contributed by atoms with Crippen LogP contribution in [0.25, 0.3) is 6.08 Å². The van der Waals surface area contributed by atoms with Crippen molar-refractivity contribution >= 4 is 61.1 Å². The second kappa shape index (κ2) is 10.4. The van der Waals surface area contributed by atoms with Crippen LogP contribution in [0.15, 0.2) is 81.2 Å². The van der Waals surface area contributed by atoms with Gasteiger partial charge in [-0.1, -0.05) is 73.8 Å². The molecule has 3 rings (SSSR count). The highest BCUT2D eigenvalue weighted by atomic mass is 79.9. The summed E-state index contributed by atoms with van der Waals surface area (Å²) in [5.74, 6) is 0.159. The molecule has 0 atom stereocenters. The van der Waals surface area contributed by atoms with Gasteiger partial charge in [0.05, 0.1) is 10.7 Å². The number of nitrogens with zero attached hydrogens (tertiary/aromatic N) is 1. The number of anilines is 1. The standard InChI is InChI=1S/C23H15Br2ClN2O2/c24-18-8-7-16(20(25)12-18)14-30-19-9-5-15(6-10-19)11-17(13-27)23(29)28-22-4-2-1-3-21(22)26/h1-12H,14H2,(H,28,29)/b17-11-. The fraction of sp³-hybridized carbons (Fsp3) is 0.0435. The summed E-state index contributed by atoms with van der Waals surface area (Å²) < 4.78 is 7.76. The number of nitriles is 1. The van der Waals surface area contributed by atoms with E-state index < -0.39 is 5.91 Å². The lowest BCUT2D eigenvalue weighted by Crippen LogP contribution is -2.13. The Balaban J connectivity index is 1.66. The molecule has 0 unspecified atom stereocenters. The lowest BCUT2D eigenvalue weighted by atomic mass is 10.1. The van der Waals surface area contributed by atoms with Crippen LogP contribution in [0.1, 0.15) is 11.1 Å². The van der Waals surface area contributed by atoms with Crippen LogP contribution in [0.2, 0.25) is 5.02 Å². The Kier molecular flexibility index (Phi) is 7.69. The summed E-state index contributed by atoms with van der Waals surface area (Å²) in [5, 5.41) is 12.4. The third kappa shape index (κ3) is 5.96. The van der Waals surface area contributed by atoms with Gasteiger partial charge in [0.2, 0.25) is 0 Å². The first-order chi connectivity index (χ1) is 14.5. The first-order valence-corrected chi connectivity index (χ1v) is 10.8. The molecule has 0 radical (unpaired) electrons. The number of carbonyl (C=O) groups is 1. The van der Waals surface area contributed by atoms with Crippen LogP contribution in [0, 0.1) is 11.3 Å². The minimum Gasteiger partial charge on any atom is -0.489 e. The smallest absolute Gasteiger partial charge is 0.266 e. The summed E-state index contributed by atoms with van der Waals surface area (Å²) in [7, 11) is 0. The van der Waals surface area contributed by atoms with E-state index in [1.807, 2.05) is 24.3 Å². The van der Waals surface area contributed by atoms with Gasteiger partial charge in [0.1, 0.15) is 24.0 Å². The van der Waals surface area contributed by atoms with Gasteiger partial charge in [-0.05, 0) is 48.0 Å². The SMILES string of the molecule is N#C/C(=C/c1ccc(OCc2ccc(Br)cc2Br)cc1)C(=O)Nc1ccccc1Cl. The molecule has 1 N–H and O–H groups in total. The second-order valence-corrected chi connectivity index (χ2v) is 8.37. The van der Waals surface area contributed by atoms with Crippen LogP contribution in [0.3, 0.4) is 0 Å². The van der Waals surface area contributed by atoms with Crippen LogP contribution in [0.5, 0.6) is 5.75 Å². The van der Waals surface area contributed by atoms with Gasteiger partial charge in [-0.3, -0.25) is 4.79 Å². The van der Waals surface area contributed by atoms with Gasteiger partial charge in [-0.2, -0.15) is 5.26 Å². The molecule has 0 heterocycles. The van der Waals surface area contributed by atoms with Gasteiger partial charge in [-0.25, -0.2) is 0 Å². The Morgan fingerprint density at radius 2 is 1.83 bits per heavy atom. The van der Waals surface area contributed by atoms with Crippen LogP contribution in [-0.4, -0.2) is 5.91 Å². The molecule has 0 spiro atoms. The predicted molar refractivity (Wildman–Crippen MR) is 126 cm³/mol. The Bertz CT molecular complexity index is 1140. The molecule has 0 fully saturated rings. The molecular formula is C23H15Br2ClN2O2.